The minimum absolute atomic E-state index is 0.103. The summed E-state index contributed by atoms with van der Waals surface area (Å²) < 4.78 is 5.16. The predicted molar refractivity (Wildman–Crippen MR) is 94.6 cm³/mol. The average Bonchev–Trinajstić information content (AvgIpc) is 3.09. The number of rotatable bonds is 4. The Morgan fingerprint density at radius 3 is 2.72 bits per heavy atom. The maximum Gasteiger partial charge on any atom is 0.352 e. The first-order chi connectivity index (χ1) is 12.2. The van der Waals surface area contributed by atoms with Gasteiger partial charge in [-0.25, -0.2) is 9.78 Å². The lowest BCUT2D eigenvalue weighted by atomic mass is 10.2. The van der Waals surface area contributed by atoms with E-state index in [1.54, 1.807) is 31.6 Å². The highest BCUT2D eigenvalue weighted by molar-refractivity contribution is 6.10. The van der Waals surface area contributed by atoms with Crippen molar-refractivity contribution in [3.05, 3.63) is 54.5 Å². The van der Waals surface area contributed by atoms with Crippen LogP contribution in [0.1, 0.15) is 10.5 Å². The Morgan fingerprint density at radius 1 is 1.20 bits per heavy atom. The molecule has 0 spiro atoms. The van der Waals surface area contributed by atoms with E-state index in [0.717, 1.165) is 22.3 Å². The molecule has 3 N–H and O–H groups in total. The number of carboxylic acids is 1. The van der Waals surface area contributed by atoms with Crippen molar-refractivity contribution in [2.45, 2.75) is 0 Å². The van der Waals surface area contributed by atoms with Crippen LogP contribution < -0.4 is 10.1 Å². The fourth-order valence-corrected chi connectivity index (χ4v) is 2.73. The van der Waals surface area contributed by atoms with Crippen LogP contribution in [-0.4, -0.2) is 33.1 Å². The summed E-state index contributed by atoms with van der Waals surface area (Å²) in [7, 11) is 1.61. The van der Waals surface area contributed by atoms with E-state index in [1.165, 1.54) is 0 Å². The van der Waals surface area contributed by atoms with Gasteiger partial charge in [0.25, 0.3) is 0 Å². The molecule has 0 saturated carbocycles. The van der Waals surface area contributed by atoms with E-state index in [-0.39, 0.29) is 5.69 Å². The third-order valence-electron chi connectivity index (χ3n) is 3.96. The van der Waals surface area contributed by atoms with Crippen molar-refractivity contribution in [1.82, 2.24) is 15.0 Å². The number of nitrogens with zero attached hydrogens (tertiary/aromatic N) is 2. The Bertz CT molecular complexity index is 1090. The van der Waals surface area contributed by atoms with Crippen LogP contribution in [0.2, 0.25) is 0 Å². The van der Waals surface area contributed by atoms with Crippen LogP contribution in [0.25, 0.3) is 21.8 Å². The Labute approximate surface area is 142 Å². The number of nitrogens with one attached hydrogen (secondary N) is 2. The van der Waals surface area contributed by atoms with Crippen molar-refractivity contribution in [2.24, 2.45) is 0 Å². The molecular formula is C18H14N4O3. The Morgan fingerprint density at radius 2 is 2.00 bits per heavy atom. The van der Waals surface area contributed by atoms with Crippen LogP contribution in [0, 0.1) is 0 Å². The molecule has 0 radical (unpaired) electrons. The number of methoxy groups -OCH3 is 1. The van der Waals surface area contributed by atoms with Crippen molar-refractivity contribution < 1.29 is 14.6 Å². The maximum absolute atomic E-state index is 11.3. The normalized spacial score (nSPS) is 10.9. The molecule has 1 aromatic carbocycles. The quantitative estimate of drug-likeness (QED) is 0.527. The number of fused-ring (bicyclic) bond motifs is 3. The van der Waals surface area contributed by atoms with Crippen LogP contribution in [0.5, 0.6) is 5.75 Å². The zero-order valence-corrected chi connectivity index (χ0v) is 13.3. The zero-order valence-electron chi connectivity index (χ0n) is 13.3. The van der Waals surface area contributed by atoms with E-state index in [0.29, 0.717) is 16.7 Å². The van der Waals surface area contributed by atoms with Crippen molar-refractivity contribution in [3.63, 3.8) is 0 Å². The van der Waals surface area contributed by atoms with Crippen LogP contribution in [0.4, 0.5) is 11.5 Å². The molecule has 0 aliphatic heterocycles. The Balaban J connectivity index is 1.89. The first-order valence-corrected chi connectivity index (χ1v) is 7.56. The lowest BCUT2D eigenvalue weighted by molar-refractivity contribution is 0.0691. The first kappa shape index (κ1) is 14.9. The summed E-state index contributed by atoms with van der Waals surface area (Å²) in [5.41, 5.74) is 2.33. The van der Waals surface area contributed by atoms with E-state index in [2.05, 4.69) is 20.3 Å². The number of aromatic amines is 1. The molecule has 4 rings (SSSR count). The van der Waals surface area contributed by atoms with Gasteiger partial charge in [-0.15, -0.1) is 0 Å². The van der Waals surface area contributed by atoms with E-state index < -0.39 is 5.97 Å². The standard InChI is InChI=1S/C18H14N4O3/c1-25-11-4-2-10(3-5-11)20-17-12-8-15(18(23)24)21-16(12)13-9-19-7-6-14(13)22-17/h2-9,21H,1H3,(H,20,22)(H,23,24). The van der Waals surface area contributed by atoms with Gasteiger partial charge in [-0.1, -0.05) is 0 Å². The third-order valence-corrected chi connectivity index (χ3v) is 3.96. The fraction of sp³-hybridized carbons (Fsp3) is 0.0556. The molecular weight excluding hydrogens is 320 g/mol. The molecule has 0 amide bonds. The molecule has 0 saturated heterocycles. The summed E-state index contributed by atoms with van der Waals surface area (Å²) in [5.74, 6) is 0.300. The van der Waals surface area contributed by atoms with Gasteiger partial charge < -0.3 is 20.1 Å². The van der Waals surface area contributed by atoms with E-state index in [4.69, 9.17) is 4.74 Å². The second-order valence-electron chi connectivity index (χ2n) is 5.48. The van der Waals surface area contributed by atoms with Crippen molar-refractivity contribution in [3.8, 4) is 5.75 Å². The number of aromatic carboxylic acids is 1. The highest BCUT2D eigenvalue weighted by atomic mass is 16.5. The minimum Gasteiger partial charge on any atom is -0.497 e. The van der Waals surface area contributed by atoms with E-state index in [1.807, 2.05) is 24.3 Å². The number of benzene rings is 1. The monoisotopic (exact) mass is 334 g/mol. The maximum atomic E-state index is 11.3. The second-order valence-corrected chi connectivity index (χ2v) is 5.48. The molecule has 3 heterocycles. The van der Waals surface area contributed by atoms with Crippen LogP contribution in [0.3, 0.4) is 0 Å². The van der Waals surface area contributed by atoms with Crippen molar-refractivity contribution in [1.29, 1.82) is 0 Å². The molecule has 0 aliphatic carbocycles. The van der Waals surface area contributed by atoms with Gasteiger partial charge >= 0.3 is 5.97 Å². The number of ether oxygens (including phenoxy) is 1. The van der Waals surface area contributed by atoms with Gasteiger partial charge in [-0.2, -0.15) is 0 Å². The van der Waals surface area contributed by atoms with Crippen LogP contribution in [-0.2, 0) is 0 Å². The number of hydrogen-bond acceptors (Lipinski definition) is 5. The molecule has 4 aromatic rings. The molecule has 7 heteroatoms. The predicted octanol–water partition coefficient (Wildman–Crippen LogP) is 3.56. The van der Waals surface area contributed by atoms with Gasteiger partial charge in [-0.3, -0.25) is 4.98 Å². The van der Waals surface area contributed by atoms with Crippen molar-refractivity contribution >= 4 is 39.3 Å². The number of H-pyrrole nitrogens is 1. The summed E-state index contributed by atoms with van der Waals surface area (Å²) in [6.45, 7) is 0. The molecule has 7 nitrogen and oxygen atoms in total. The Kier molecular flexibility index (Phi) is 3.46. The molecule has 0 atom stereocenters. The van der Waals surface area contributed by atoms with Gasteiger partial charge in [0.05, 0.1) is 18.1 Å². The summed E-state index contributed by atoms with van der Waals surface area (Å²) in [6.07, 6.45) is 3.32. The molecule has 0 bridgehead atoms. The summed E-state index contributed by atoms with van der Waals surface area (Å²) in [5, 5.41) is 14.0. The largest absolute Gasteiger partial charge is 0.497 e. The average molecular weight is 334 g/mol. The van der Waals surface area contributed by atoms with Crippen LogP contribution in [0.15, 0.2) is 48.8 Å². The lowest BCUT2D eigenvalue weighted by Crippen LogP contribution is -1.95. The number of aromatic nitrogens is 3. The summed E-state index contributed by atoms with van der Waals surface area (Å²) in [4.78, 5) is 23.0. The second kappa shape index (κ2) is 5.79. The number of pyridine rings is 2. The smallest absolute Gasteiger partial charge is 0.352 e. The van der Waals surface area contributed by atoms with Gasteiger partial charge in [0.2, 0.25) is 0 Å². The molecule has 124 valence electrons. The lowest BCUT2D eigenvalue weighted by Gasteiger charge is -2.09. The first-order valence-electron chi connectivity index (χ1n) is 7.56. The van der Waals surface area contributed by atoms with Gasteiger partial charge in [0.15, 0.2) is 0 Å². The summed E-state index contributed by atoms with van der Waals surface area (Å²) >= 11 is 0. The zero-order chi connectivity index (χ0) is 17.4. The van der Waals surface area contributed by atoms with E-state index in [9.17, 15) is 9.90 Å². The van der Waals surface area contributed by atoms with E-state index >= 15 is 0 Å². The van der Waals surface area contributed by atoms with Gasteiger partial charge in [-0.05, 0) is 36.4 Å². The number of carbonyl (C=O) groups is 1. The molecule has 0 unspecified atom stereocenters. The molecule has 25 heavy (non-hydrogen) atoms. The fourth-order valence-electron chi connectivity index (χ4n) is 2.73. The highest BCUT2D eigenvalue weighted by Gasteiger charge is 2.15. The van der Waals surface area contributed by atoms with Crippen LogP contribution >= 0.6 is 0 Å². The summed E-state index contributed by atoms with van der Waals surface area (Å²) in [6, 6.07) is 10.8. The molecule has 0 fully saturated rings. The van der Waals surface area contributed by atoms with Gasteiger partial charge in [0, 0.05) is 28.9 Å². The molecule has 0 aliphatic rings. The number of carboxylic acid groups (broad SMARTS) is 1. The van der Waals surface area contributed by atoms with Crippen molar-refractivity contribution in [2.75, 3.05) is 12.4 Å². The Hall–Kier alpha value is -3.61. The minimum atomic E-state index is -1.02. The highest BCUT2D eigenvalue weighted by Crippen LogP contribution is 2.31. The third kappa shape index (κ3) is 2.61. The van der Waals surface area contributed by atoms with Gasteiger partial charge in [0.1, 0.15) is 17.3 Å². The topological polar surface area (TPSA) is 100 Å². The molecule has 3 aromatic heterocycles. The number of anilines is 2. The SMILES string of the molecule is COc1ccc(Nc2nc3ccncc3c3[nH]c(C(=O)O)cc23)cc1. The number of hydrogen-bond donors (Lipinski definition) is 3.